The van der Waals surface area contributed by atoms with Crippen LogP contribution in [0.3, 0.4) is 0 Å². The van der Waals surface area contributed by atoms with E-state index in [2.05, 4.69) is 0 Å². The number of nitrogens with two attached hydrogens (primary N) is 1. The van der Waals surface area contributed by atoms with Gasteiger partial charge in [-0.2, -0.15) is 0 Å². The van der Waals surface area contributed by atoms with Gasteiger partial charge in [0.1, 0.15) is 0 Å². The number of piperidine rings is 1. The lowest BCUT2D eigenvalue weighted by Gasteiger charge is -2.32. The third-order valence-electron chi connectivity index (χ3n) is 4.48. The zero-order valence-corrected chi connectivity index (χ0v) is 17.0. The molecule has 0 aromatic heterocycles. The second kappa shape index (κ2) is 10.3. The summed E-state index contributed by atoms with van der Waals surface area (Å²) < 4.78 is 30.0. The average molecular weight is 405 g/mol. The molecular formula is C18H29ClN2O4S. The van der Waals surface area contributed by atoms with Crippen LogP contribution in [0.15, 0.2) is 29.2 Å². The minimum Gasteiger partial charge on any atom is -0.378 e. The number of amides is 1. The number of likely N-dealkylation sites (tertiary alicyclic amines) is 1. The van der Waals surface area contributed by atoms with Crippen molar-refractivity contribution in [2.75, 3.05) is 26.2 Å². The zero-order chi connectivity index (χ0) is 18.4. The molecule has 2 N–H and O–H groups in total. The van der Waals surface area contributed by atoms with E-state index < -0.39 is 15.1 Å². The minimum atomic E-state index is -3.31. The van der Waals surface area contributed by atoms with Crippen LogP contribution in [-0.2, 0) is 14.6 Å². The van der Waals surface area contributed by atoms with Crippen molar-refractivity contribution in [1.29, 1.82) is 0 Å². The number of rotatable bonds is 7. The standard InChI is InChI=1S/C18H28N2O4S.ClH/c1-14(2)25(22,23)17-6-4-15(5-7-17)18(21)20-11-8-16(9-12-20)24-13-3-10-19;/h4-7,14,16H,3,8-13,19H2,1-2H3;1H. The van der Waals surface area contributed by atoms with Gasteiger partial charge in [-0.1, -0.05) is 0 Å². The van der Waals surface area contributed by atoms with E-state index in [1.165, 1.54) is 12.1 Å². The summed E-state index contributed by atoms with van der Waals surface area (Å²) in [5.74, 6) is -0.0612. The highest BCUT2D eigenvalue weighted by atomic mass is 35.5. The molecule has 1 aromatic carbocycles. The summed E-state index contributed by atoms with van der Waals surface area (Å²) in [6.07, 6.45) is 2.67. The Bertz CT molecular complexity index is 669. The van der Waals surface area contributed by atoms with Gasteiger partial charge < -0.3 is 15.4 Å². The Morgan fingerprint density at radius 2 is 1.81 bits per heavy atom. The van der Waals surface area contributed by atoms with Crippen molar-refractivity contribution in [3.8, 4) is 0 Å². The van der Waals surface area contributed by atoms with E-state index >= 15 is 0 Å². The van der Waals surface area contributed by atoms with Crippen molar-refractivity contribution in [3.63, 3.8) is 0 Å². The Labute approximate surface area is 162 Å². The van der Waals surface area contributed by atoms with Crippen molar-refractivity contribution in [1.82, 2.24) is 4.90 Å². The second-order valence-electron chi connectivity index (χ2n) is 6.62. The van der Waals surface area contributed by atoms with Crippen molar-refractivity contribution in [2.24, 2.45) is 5.73 Å². The van der Waals surface area contributed by atoms with E-state index in [4.69, 9.17) is 10.5 Å². The van der Waals surface area contributed by atoms with Crippen molar-refractivity contribution in [2.45, 2.75) is 49.4 Å². The number of ether oxygens (including phenoxy) is 1. The van der Waals surface area contributed by atoms with Crippen LogP contribution in [0.1, 0.15) is 43.5 Å². The van der Waals surface area contributed by atoms with Crippen LogP contribution in [0.2, 0.25) is 0 Å². The smallest absolute Gasteiger partial charge is 0.253 e. The molecule has 0 spiro atoms. The van der Waals surface area contributed by atoms with E-state index in [0.29, 0.717) is 31.8 Å². The predicted octanol–water partition coefficient (Wildman–Crippen LogP) is 2.26. The number of benzene rings is 1. The third kappa shape index (κ3) is 5.67. The van der Waals surface area contributed by atoms with Gasteiger partial charge in [-0.05, 0) is 63.9 Å². The number of sulfone groups is 1. The SMILES string of the molecule is CC(C)S(=O)(=O)c1ccc(C(=O)N2CCC(OCCCN)CC2)cc1.Cl. The maximum Gasteiger partial charge on any atom is 0.253 e. The Kier molecular flexibility index (Phi) is 9.03. The quantitative estimate of drug-likeness (QED) is 0.704. The highest BCUT2D eigenvalue weighted by Crippen LogP contribution is 2.19. The van der Waals surface area contributed by atoms with Gasteiger partial charge in [0.25, 0.3) is 5.91 Å². The molecule has 1 aliphatic heterocycles. The van der Waals surface area contributed by atoms with Crippen LogP contribution >= 0.6 is 12.4 Å². The molecule has 1 aromatic rings. The van der Waals surface area contributed by atoms with Gasteiger partial charge in [0.15, 0.2) is 9.84 Å². The number of hydrogen-bond donors (Lipinski definition) is 1. The molecule has 1 saturated heterocycles. The molecule has 0 bridgehead atoms. The molecule has 0 saturated carbocycles. The summed E-state index contributed by atoms with van der Waals surface area (Å²) in [6, 6.07) is 6.24. The maximum absolute atomic E-state index is 12.6. The zero-order valence-electron chi connectivity index (χ0n) is 15.4. The molecule has 1 aliphatic rings. The van der Waals surface area contributed by atoms with Crippen LogP contribution in [0.25, 0.3) is 0 Å². The first-order valence-electron chi connectivity index (χ1n) is 8.81. The van der Waals surface area contributed by atoms with E-state index in [-0.39, 0.29) is 29.3 Å². The number of carbonyl (C=O) groups excluding carboxylic acids is 1. The predicted molar refractivity (Wildman–Crippen MR) is 105 cm³/mol. The number of halogens is 1. The van der Waals surface area contributed by atoms with Crippen LogP contribution < -0.4 is 5.73 Å². The molecule has 0 radical (unpaired) electrons. The lowest BCUT2D eigenvalue weighted by molar-refractivity contribution is 0.00844. The molecule has 26 heavy (non-hydrogen) atoms. The molecule has 0 unspecified atom stereocenters. The Morgan fingerprint density at radius 1 is 1.23 bits per heavy atom. The molecule has 1 fully saturated rings. The molecule has 2 rings (SSSR count). The summed E-state index contributed by atoms with van der Waals surface area (Å²) in [6.45, 7) is 5.89. The summed E-state index contributed by atoms with van der Waals surface area (Å²) in [5, 5.41) is -0.479. The van der Waals surface area contributed by atoms with E-state index in [1.807, 2.05) is 0 Å². The fraction of sp³-hybridized carbons (Fsp3) is 0.611. The Morgan fingerprint density at radius 3 is 2.31 bits per heavy atom. The fourth-order valence-corrected chi connectivity index (χ4v) is 3.86. The monoisotopic (exact) mass is 404 g/mol. The number of carbonyl (C=O) groups is 1. The molecule has 148 valence electrons. The molecule has 0 aliphatic carbocycles. The highest BCUT2D eigenvalue weighted by Gasteiger charge is 2.25. The normalized spacial score (nSPS) is 15.8. The topological polar surface area (TPSA) is 89.7 Å². The average Bonchev–Trinajstić information content (AvgIpc) is 2.62. The molecular weight excluding hydrogens is 376 g/mol. The van der Waals surface area contributed by atoms with Crippen LogP contribution in [-0.4, -0.2) is 56.8 Å². The molecule has 1 heterocycles. The van der Waals surface area contributed by atoms with Crippen LogP contribution in [0.5, 0.6) is 0 Å². The van der Waals surface area contributed by atoms with Gasteiger partial charge >= 0.3 is 0 Å². The van der Waals surface area contributed by atoms with Gasteiger partial charge in [-0.15, -0.1) is 12.4 Å². The lowest BCUT2D eigenvalue weighted by Crippen LogP contribution is -2.41. The van der Waals surface area contributed by atoms with E-state index in [0.717, 1.165) is 19.3 Å². The van der Waals surface area contributed by atoms with Gasteiger partial charge in [-0.25, -0.2) is 8.42 Å². The molecule has 6 nitrogen and oxygen atoms in total. The summed E-state index contributed by atoms with van der Waals surface area (Å²) >= 11 is 0. The first-order chi connectivity index (χ1) is 11.9. The summed E-state index contributed by atoms with van der Waals surface area (Å²) in [4.78, 5) is 14.6. The van der Waals surface area contributed by atoms with Gasteiger partial charge in [0.05, 0.1) is 16.2 Å². The number of nitrogens with zero attached hydrogens (tertiary/aromatic N) is 1. The minimum absolute atomic E-state index is 0. The largest absolute Gasteiger partial charge is 0.378 e. The number of hydrogen-bond acceptors (Lipinski definition) is 5. The highest BCUT2D eigenvalue weighted by molar-refractivity contribution is 7.92. The summed E-state index contributed by atoms with van der Waals surface area (Å²) in [5.41, 5.74) is 5.97. The van der Waals surface area contributed by atoms with Gasteiger partial charge in [0.2, 0.25) is 0 Å². The molecule has 1 amide bonds. The third-order valence-corrected chi connectivity index (χ3v) is 6.65. The van der Waals surface area contributed by atoms with E-state index in [1.54, 1.807) is 30.9 Å². The Hall–Kier alpha value is -1.15. The first-order valence-corrected chi connectivity index (χ1v) is 10.4. The van der Waals surface area contributed by atoms with Crippen molar-refractivity contribution < 1.29 is 17.9 Å². The van der Waals surface area contributed by atoms with E-state index in [9.17, 15) is 13.2 Å². The maximum atomic E-state index is 12.6. The molecule has 0 atom stereocenters. The van der Waals surface area contributed by atoms with Crippen LogP contribution in [0, 0.1) is 0 Å². The fourth-order valence-electron chi connectivity index (χ4n) is 2.80. The van der Waals surface area contributed by atoms with Crippen LogP contribution in [0.4, 0.5) is 0 Å². The second-order valence-corrected chi connectivity index (χ2v) is 9.13. The van der Waals surface area contributed by atoms with Crippen molar-refractivity contribution >= 4 is 28.2 Å². The van der Waals surface area contributed by atoms with Gasteiger partial charge in [0, 0.05) is 25.3 Å². The lowest BCUT2D eigenvalue weighted by atomic mass is 10.1. The summed E-state index contributed by atoms with van der Waals surface area (Å²) in [7, 11) is -3.31. The first kappa shape index (κ1) is 22.9. The van der Waals surface area contributed by atoms with Crippen molar-refractivity contribution in [3.05, 3.63) is 29.8 Å². The molecule has 8 heteroatoms. The Balaban J connectivity index is 0.00000338. The van der Waals surface area contributed by atoms with Gasteiger partial charge in [-0.3, -0.25) is 4.79 Å².